The summed E-state index contributed by atoms with van der Waals surface area (Å²) in [5, 5.41) is 30.5. The second-order valence-electron chi connectivity index (χ2n) is 10.3. The van der Waals surface area contributed by atoms with Gasteiger partial charge < -0.3 is 20.3 Å². The summed E-state index contributed by atoms with van der Waals surface area (Å²) in [5.74, 6) is 1.11. The Hall–Kier alpha value is -4.00. The van der Waals surface area contributed by atoms with Gasteiger partial charge in [-0.15, -0.1) is 0 Å². The van der Waals surface area contributed by atoms with Gasteiger partial charge in [-0.05, 0) is 68.2 Å². The molecule has 3 N–H and O–H groups in total. The molecule has 1 aliphatic rings. The van der Waals surface area contributed by atoms with E-state index in [0.717, 1.165) is 50.9 Å². The summed E-state index contributed by atoms with van der Waals surface area (Å²) in [7, 11) is 0. The number of aryl methyl sites for hydroxylation is 1. The molecular formula is C29H37N7O3. The number of pyridine rings is 2. The summed E-state index contributed by atoms with van der Waals surface area (Å²) in [4.78, 5) is 26.1. The van der Waals surface area contributed by atoms with Gasteiger partial charge in [-0.3, -0.25) is 4.79 Å². The van der Waals surface area contributed by atoms with E-state index in [1.807, 2.05) is 36.4 Å². The van der Waals surface area contributed by atoms with Crippen molar-refractivity contribution in [3.63, 3.8) is 0 Å². The molecule has 4 rings (SSSR count). The van der Waals surface area contributed by atoms with Gasteiger partial charge >= 0.3 is 5.97 Å². The monoisotopic (exact) mass is 531 g/mol. The van der Waals surface area contributed by atoms with Crippen LogP contribution in [0.5, 0.6) is 0 Å². The van der Waals surface area contributed by atoms with Gasteiger partial charge in [-0.25, -0.2) is 9.97 Å². The fourth-order valence-corrected chi connectivity index (χ4v) is 5.76. The van der Waals surface area contributed by atoms with E-state index in [1.165, 1.54) is 0 Å². The van der Waals surface area contributed by atoms with E-state index in [1.54, 1.807) is 12.4 Å². The minimum Gasteiger partial charge on any atom is -0.481 e. The number of rotatable bonds is 16. The van der Waals surface area contributed by atoms with E-state index in [0.29, 0.717) is 49.6 Å². The number of nitrogens with zero attached hydrogens (tertiary/aromatic N) is 5. The van der Waals surface area contributed by atoms with E-state index in [9.17, 15) is 9.90 Å². The SMILES string of the molecule is N#CCCCC(Nc1ccccn1)C(C(=O)O)C1(Cc2nc(CCCCNc3ccccn3)no2)CCCC1. The molecule has 1 saturated carbocycles. The third-order valence-electron chi connectivity index (χ3n) is 7.54. The van der Waals surface area contributed by atoms with Crippen LogP contribution in [0, 0.1) is 22.7 Å². The first kappa shape index (κ1) is 28.0. The lowest BCUT2D eigenvalue weighted by molar-refractivity contribution is -0.147. The number of aliphatic carboxylic acids is 1. The predicted octanol–water partition coefficient (Wildman–Crippen LogP) is 5.27. The summed E-state index contributed by atoms with van der Waals surface area (Å²) in [6, 6.07) is 13.1. The van der Waals surface area contributed by atoms with Crippen molar-refractivity contribution >= 4 is 17.6 Å². The molecule has 10 nitrogen and oxygen atoms in total. The molecule has 206 valence electrons. The number of carboxylic acid groups (broad SMARTS) is 1. The van der Waals surface area contributed by atoms with E-state index < -0.39 is 17.3 Å². The highest BCUT2D eigenvalue weighted by molar-refractivity contribution is 5.73. The molecule has 0 spiro atoms. The fourth-order valence-electron chi connectivity index (χ4n) is 5.76. The van der Waals surface area contributed by atoms with Gasteiger partial charge in [0.15, 0.2) is 5.82 Å². The lowest BCUT2D eigenvalue weighted by atomic mass is 9.67. The summed E-state index contributed by atoms with van der Waals surface area (Å²) >= 11 is 0. The van der Waals surface area contributed by atoms with E-state index >= 15 is 0 Å². The first-order valence-corrected chi connectivity index (χ1v) is 13.8. The van der Waals surface area contributed by atoms with E-state index in [4.69, 9.17) is 9.78 Å². The van der Waals surface area contributed by atoms with Crippen molar-refractivity contribution in [3.05, 3.63) is 60.5 Å². The zero-order valence-corrected chi connectivity index (χ0v) is 22.3. The molecular weight excluding hydrogens is 494 g/mol. The van der Waals surface area contributed by atoms with Gasteiger partial charge in [0.25, 0.3) is 0 Å². The van der Waals surface area contributed by atoms with Crippen LogP contribution in [0.3, 0.4) is 0 Å². The molecule has 0 saturated heterocycles. The van der Waals surface area contributed by atoms with Crippen molar-refractivity contribution in [3.8, 4) is 6.07 Å². The maximum atomic E-state index is 12.9. The molecule has 2 unspecified atom stereocenters. The highest BCUT2D eigenvalue weighted by atomic mass is 16.5. The lowest BCUT2D eigenvalue weighted by Gasteiger charge is -2.39. The molecule has 0 aromatic carbocycles. The van der Waals surface area contributed by atoms with Crippen molar-refractivity contribution in [2.24, 2.45) is 11.3 Å². The van der Waals surface area contributed by atoms with Gasteiger partial charge in [0.1, 0.15) is 11.6 Å². The highest BCUT2D eigenvalue weighted by Crippen LogP contribution is 2.49. The highest BCUT2D eigenvalue weighted by Gasteiger charge is 2.49. The maximum Gasteiger partial charge on any atom is 0.309 e. The molecule has 3 aromatic rings. The Kier molecular flexibility index (Phi) is 10.2. The molecule has 0 amide bonds. The van der Waals surface area contributed by atoms with Crippen molar-refractivity contribution in [1.29, 1.82) is 5.26 Å². The van der Waals surface area contributed by atoms with Gasteiger partial charge in [0.05, 0.1) is 12.0 Å². The quantitative estimate of drug-likeness (QED) is 0.208. The Labute approximate surface area is 229 Å². The number of anilines is 2. The van der Waals surface area contributed by atoms with Gasteiger partial charge in [-0.2, -0.15) is 10.2 Å². The van der Waals surface area contributed by atoms with Crippen molar-refractivity contribution in [2.75, 3.05) is 17.2 Å². The number of hydrogen-bond donors (Lipinski definition) is 3. The van der Waals surface area contributed by atoms with Gasteiger partial charge in [0, 0.05) is 44.2 Å². The van der Waals surface area contributed by atoms with Crippen molar-refractivity contribution in [1.82, 2.24) is 20.1 Å². The zero-order valence-electron chi connectivity index (χ0n) is 22.3. The topological polar surface area (TPSA) is 150 Å². The van der Waals surface area contributed by atoms with Crippen LogP contribution in [0.4, 0.5) is 11.6 Å². The standard InChI is InChI=1S/C29H37N7O3/c30-17-7-1-11-22(34-24-13-3-9-20-33-24)27(28(37)38)29(15-5-6-16-29)21-26-35-25(36-39-26)14-4-10-19-32-23-12-2-8-18-31-23/h2-3,8-9,12-13,18,20,22,27H,1,4-7,10-11,14-16,19,21H2,(H,31,32)(H,33,34)(H,37,38). The number of aromatic nitrogens is 4. The summed E-state index contributed by atoms with van der Waals surface area (Å²) in [6.07, 6.45) is 11.4. The number of nitrogens with one attached hydrogen (secondary N) is 2. The predicted molar refractivity (Wildman–Crippen MR) is 147 cm³/mol. The van der Waals surface area contributed by atoms with Gasteiger partial charge in [0.2, 0.25) is 5.89 Å². The van der Waals surface area contributed by atoms with Crippen LogP contribution in [0.2, 0.25) is 0 Å². The minimum atomic E-state index is -0.845. The number of carboxylic acids is 1. The maximum absolute atomic E-state index is 12.9. The Morgan fingerprint density at radius 2 is 1.82 bits per heavy atom. The average molecular weight is 532 g/mol. The molecule has 0 radical (unpaired) electrons. The van der Waals surface area contributed by atoms with Crippen LogP contribution in [0.15, 0.2) is 53.3 Å². The van der Waals surface area contributed by atoms with E-state index in [2.05, 4.69) is 36.8 Å². The van der Waals surface area contributed by atoms with Crippen molar-refractivity contribution < 1.29 is 14.4 Å². The summed E-state index contributed by atoms with van der Waals surface area (Å²) in [5.41, 5.74) is -0.513. The first-order chi connectivity index (χ1) is 19.1. The Morgan fingerprint density at radius 3 is 2.49 bits per heavy atom. The lowest BCUT2D eigenvalue weighted by Crippen LogP contribution is -2.46. The zero-order chi connectivity index (χ0) is 27.3. The van der Waals surface area contributed by atoms with Crippen molar-refractivity contribution in [2.45, 2.75) is 76.7 Å². The molecule has 2 atom stereocenters. The summed E-state index contributed by atoms with van der Waals surface area (Å²) < 4.78 is 5.65. The second kappa shape index (κ2) is 14.2. The van der Waals surface area contributed by atoms with Crippen LogP contribution in [-0.4, -0.2) is 43.8 Å². The molecule has 10 heteroatoms. The largest absolute Gasteiger partial charge is 0.481 e. The van der Waals surface area contributed by atoms with Crippen LogP contribution in [0.1, 0.15) is 69.5 Å². The second-order valence-corrected chi connectivity index (χ2v) is 10.3. The molecule has 3 aromatic heterocycles. The Balaban J connectivity index is 1.42. The molecule has 0 bridgehead atoms. The Bertz CT molecular complexity index is 1190. The smallest absolute Gasteiger partial charge is 0.309 e. The molecule has 1 aliphatic carbocycles. The summed E-state index contributed by atoms with van der Waals surface area (Å²) in [6.45, 7) is 0.807. The van der Waals surface area contributed by atoms with Crippen LogP contribution >= 0.6 is 0 Å². The first-order valence-electron chi connectivity index (χ1n) is 13.8. The number of unbranched alkanes of at least 4 members (excludes halogenated alkanes) is 2. The normalized spacial score (nSPS) is 15.8. The third kappa shape index (κ3) is 7.99. The van der Waals surface area contributed by atoms with Crippen LogP contribution in [-0.2, 0) is 17.6 Å². The number of hydrogen-bond acceptors (Lipinski definition) is 9. The Morgan fingerprint density at radius 1 is 1.08 bits per heavy atom. The third-order valence-corrected chi connectivity index (χ3v) is 7.54. The van der Waals surface area contributed by atoms with Gasteiger partial charge in [-0.1, -0.05) is 30.1 Å². The molecule has 1 fully saturated rings. The number of nitriles is 1. The number of carbonyl (C=O) groups is 1. The molecule has 3 heterocycles. The van der Waals surface area contributed by atoms with E-state index in [-0.39, 0.29) is 6.04 Å². The van der Waals surface area contributed by atoms with Crippen LogP contribution in [0.25, 0.3) is 0 Å². The average Bonchev–Trinajstić information content (AvgIpc) is 3.59. The van der Waals surface area contributed by atoms with Crippen LogP contribution < -0.4 is 10.6 Å². The molecule has 0 aliphatic heterocycles. The minimum absolute atomic E-state index is 0.377. The fraction of sp³-hybridized carbons (Fsp3) is 0.517. The molecule has 39 heavy (non-hydrogen) atoms.